The van der Waals surface area contributed by atoms with Gasteiger partial charge in [0.2, 0.25) is 0 Å². The lowest BCUT2D eigenvalue weighted by Gasteiger charge is -2.30. The number of likely N-dealkylation sites (N-methyl/N-ethyl adjacent to an activating group) is 1. The van der Waals surface area contributed by atoms with Crippen LogP contribution in [0.2, 0.25) is 5.02 Å². The summed E-state index contributed by atoms with van der Waals surface area (Å²) in [5.74, 6) is 0.422. The van der Waals surface area contributed by atoms with Gasteiger partial charge in [-0.1, -0.05) is 17.7 Å². The number of hydrogen-bond acceptors (Lipinski definition) is 3. The molecule has 0 saturated heterocycles. The molecular formula is C16H18ClFN2O. The molecule has 0 fully saturated rings. The number of rotatable bonds is 5. The van der Waals surface area contributed by atoms with Gasteiger partial charge in [-0.05, 0) is 30.3 Å². The maximum atomic E-state index is 14.1. The number of nitrogens with two attached hydrogens (primary N) is 1. The van der Waals surface area contributed by atoms with Crippen LogP contribution in [0.4, 0.5) is 10.1 Å². The van der Waals surface area contributed by atoms with Gasteiger partial charge in [0.1, 0.15) is 11.6 Å². The third-order valence-electron chi connectivity index (χ3n) is 3.47. The zero-order valence-corrected chi connectivity index (χ0v) is 12.8. The Morgan fingerprint density at radius 2 is 2.05 bits per heavy atom. The summed E-state index contributed by atoms with van der Waals surface area (Å²) in [6.07, 6.45) is 0. The Bertz CT molecular complexity index is 621. The molecule has 0 bridgehead atoms. The molecule has 1 unspecified atom stereocenters. The van der Waals surface area contributed by atoms with Gasteiger partial charge < -0.3 is 15.4 Å². The summed E-state index contributed by atoms with van der Waals surface area (Å²) in [4.78, 5) is 1.91. The maximum absolute atomic E-state index is 14.1. The fourth-order valence-corrected chi connectivity index (χ4v) is 2.45. The Morgan fingerprint density at radius 1 is 1.29 bits per heavy atom. The second-order valence-corrected chi connectivity index (χ2v) is 5.17. The highest BCUT2D eigenvalue weighted by Crippen LogP contribution is 2.30. The van der Waals surface area contributed by atoms with E-state index in [1.54, 1.807) is 13.2 Å². The van der Waals surface area contributed by atoms with Crippen molar-refractivity contribution in [2.24, 2.45) is 5.73 Å². The third kappa shape index (κ3) is 3.46. The lowest BCUT2D eigenvalue weighted by atomic mass is 10.0. The average molecular weight is 309 g/mol. The van der Waals surface area contributed by atoms with Crippen LogP contribution in [-0.2, 0) is 0 Å². The van der Waals surface area contributed by atoms with Gasteiger partial charge in [0.15, 0.2) is 0 Å². The van der Waals surface area contributed by atoms with E-state index in [9.17, 15) is 4.39 Å². The second-order valence-electron chi connectivity index (χ2n) is 4.73. The Balaban J connectivity index is 2.37. The Morgan fingerprint density at radius 3 is 2.71 bits per heavy atom. The van der Waals surface area contributed by atoms with Gasteiger partial charge in [0, 0.05) is 35.9 Å². The van der Waals surface area contributed by atoms with Crippen LogP contribution in [0.1, 0.15) is 11.6 Å². The molecule has 2 N–H and O–H groups in total. The van der Waals surface area contributed by atoms with Crippen LogP contribution >= 0.6 is 11.6 Å². The molecule has 3 nitrogen and oxygen atoms in total. The molecule has 0 spiro atoms. The minimum Gasteiger partial charge on any atom is -0.497 e. The monoisotopic (exact) mass is 308 g/mol. The van der Waals surface area contributed by atoms with E-state index >= 15 is 0 Å². The van der Waals surface area contributed by atoms with Gasteiger partial charge in [-0.2, -0.15) is 0 Å². The summed E-state index contributed by atoms with van der Waals surface area (Å²) in [7, 11) is 3.48. The van der Waals surface area contributed by atoms with E-state index in [2.05, 4.69) is 0 Å². The fourth-order valence-electron chi connectivity index (χ4n) is 2.27. The SMILES string of the molecule is COc1cccc(N(C)C(CN)c2cc(Cl)ccc2F)c1. The number of anilines is 1. The van der Waals surface area contributed by atoms with Crippen LogP contribution in [0.15, 0.2) is 42.5 Å². The van der Waals surface area contributed by atoms with Crippen molar-refractivity contribution in [3.63, 3.8) is 0 Å². The number of benzene rings is 2. The molecule has 2 aromatic rings. The summed E-state index contributed by atoms with van der Waals surface area (Å²) >= 11 is 5.97. The lowest BCUT2D eigenvalue weighted by Crippen LogP contribution is -2.31. The van der Waals surface area contributed by atoms with Crippen LogP contribution in [0.25, 0.3) is 0 Å². The van der Waals surface area contributed by atoms with Crippen molar-refractivity contribution >= 4 is 17.3 Å². The Kier molecular flexibility index (Phi) is 5.04. The average Bonchev–Trinajstić information content (AvgIpc) is 2.51. The maximum Gasteiger partial charge on any atom is 0.128 e. The van der Waals surface area contributed by atoms with Crippen LogP contribution in [-0.4, -0.2) is 20.7 Å². The minimum atomic E-state index is -0.315. The van der Waals surface area contributed by atoms with E-state index < -0.39 is 0 Å². The topological polar surface area (TPSA) is 38.5 Å². The molecule has 0 aromatic heterocycles. The Labute approximate surface area is 129 Å². The van der Waals surface area contributed by atoms with E-state index in [0.717, 1.165) is 11.4 Å². The number of hydrogen-bond donors (Lipinski definition) is 1. The fraction of sp³-hybridized carbons (Fsp3) is 0.250. The first-order valence-electron chi connectivity index (χ1n) is 6.58. The lowest BCUT2D eigenvalue weighted by molar-refractivity contribution is 0.414. The zero-order chi connectivity index (χ0) is 15.4. The summed E-state index contributed by atoms with van der Waals surface area (Å²) < 4.78 is 19.3. The zero-order valence-electron chi connectivity index (χ0n) is 12.0. The van der Waals surface area contributed by atoms with Crippen molar-refractivity contribution in [2.75, 3.05) is 25.6 Å². The predicted octanol–water partition coefficient (Wildman–Crippen LogP) is 3.62. The quantitative estimate of drug-likeness (QED) is 0.917. The molecule has 21 heavy (non-hydrogen) atoms. The molecule has 0 amide bonds. The van der Waals surface area contributed by atoms with Crippen LogP contribution in [0, 0.1) is 5.82 Å². The number of halogens is 2. The molecule has 0 aliphatic rings. The number of methoxy groups -OCH3 is 1. The largest absolute Gasteiger partial charge is 0.497 e. The standard InChI is InChI=1S/C16H18ClFN2O/c1-20(12-4-3-5-13(9-12)21-2)16(10-19)14-8-11(17)6-7-15(14)18/h3-9,16H,10,19H2,1-2H3. The predicted molar refractivity (Wildman–Crippen MR) is 84.6 cm³/mol. The molecule has 2 rings (SSSR count). The summed E-state index contributed by atoms with van der Waals surface area (Å²) in [5, 5.41) is 0.490. The van der Waals surface area contributed by atoms with Crippen molar-refractivity contribution in [3.05, 3.63) is 58.9 Å². The van der Waals surface area contributed by atoms with Gasteiger partial charge >= 0.3 is 0 Å². The van der Waals surface area contributed by atoms with E-state index in [4.69, 9.17) is 22.1 Å². The van der Waals surface area contributed by atoms with Crippen molar-refractivity contribution in [3.8, 4) is 5.75 Å². The first-order chi connectivity index (χ1) is 10.1. The number of nitrogens with zero attached hydrogens (tertiary/aromatic N) is 1. The third-order valence-corrected chi connectivity index (χ3v) is 3.70. The molecule has 1 atom stereocenters. The van der Waals surface area contributed by atoms with E-state index in [1.807, 2.05) is 36.2 Å². The molecule has 5 heteroatoms. The van der Waals surface area contributed by atoms with Crippen molar-refractivity contribution in [1.29, 1.82) is 0 Å². The van der Waals surface area contributed by atoms with Crippen LogP contribution < -0.4 is 15.4 Å². The summed E-state index contributed by atoms with van der Waals surface area (Å²) in [5.41, 5.74) is 7.22. The van der Waals surface area contributed by atoms with Crippen molar-refractivity contribution < 1.29 is 9.13 Å². The van der Waals surface area contributed by atoms with Gasteiger partial charge in [0.05, 0.1) is 13.2 Å². The molecule has 0 aliphatic carbocycles. The van der Waals surface area contributed by atoms with Gasteiger partial charge in [0.25, 0.3) is 0 Å². The van der Waals surface area contributed by atoms with E-state index in [1.165, 1.54) is 12.1 Å². The van der Waals surface area contributed by atoms with E-state index in [-0.39, 0.29) is 18.4 Å². The number of ether oxygens (including phenoxy) is 1. The van der Waals surface area contributed by atoms with Crippen molar-refractivity contribution in [2.45, 2.75) is 6.04 Å². The Hall–Kier alpha value is -1.78. The molecule has 0 radical (unpaired) electrons. The smallest absolute Gasteiger partial charge is 0.128 e. The van der Waals surface area contributed by atoms with E-state index in [0.29, 0.717) is 10.6 Å². The highest BCUT2D eigenvalue weighted by atomic mass is 35.5. The molecule has 0 saturated carbocycles. The summed E-state index contributed by atoms with van der Waals surface area (Å²) in [6.45, 7) is 0.269. The minimum absolute atomic E-state index is 0.269. The molecule has 2 aromatic carbocycles. The highest BCUT2D eigenvalue weighted by Gasteiger charge is 2.20. The highest BCUT2D eigenvalue weighted by molar-refractivity contribution is 6.30. The summed E-state index contributed by atoms with van der Waals surface area (Å²) in [6, 6.07) is 11.7. The molecule has 0 aliphatic heterocycles. The molecular weight excluding hydrogens is 291 g/mol. The van der Waals surface area contributed by atoms with Gasteiger partial charge in [-0.15, -0.1) is 0 Å². The van der Waals surface area contributed by atoms with Gasteiger partial charge in [-0.25, -0.2) is 4.39 Å². The second kappa shape index (κ2) is 6.78. The van der Waals surface area contributed by atoms with Crippen LogP contribution in [0.3, 0.4) is 0 Å². The van der Waals surface area contributed by atoms with Gasteiger partial charge in [-0.3, -0.25) is 0 Å². The molecule has 112 valence electrons. The van der Waals surface area contributed by atoms with Crippen molar-refractivity contribution in [1.82, 2.24) is 0 Å². The molecule has 0 heterocycles. The first-order valence-corrected chi connectivity index (χ1v) is 6.96. The normalized spacial score (nSPS) is 12.0. The van der Waals surface area contributed by atoms with Crippen LogP contribution in [0.5, 0.6) is 5.75 Å². The first kappa shape index (κ1) is 15.6.